The Morgan fingerprint density at radius 3 is 2.29 bits per heavy atom. The van der Waals surface area contributed by atoms with E-state index in [9.17, 15) is 4.39 Å². The van der Waals surface area contributed by atoms with Crippen molar-refractivity contribution in [3.8, 4) is 28.3 Å². The third-order valence-electron chi connectivity index (χ3n) is 8.24. The van der Waals surface area contributed by atoms with Gasteiger partial charge in [0.2, 0.25) is 0 Å². The number of rotatable bonds is 5. The summed E-state index contributed by atoms with van der Waals surface area (Å²) in [5, 5.41) is 2.13. The van der Waals surface area contributed by atoms with Gasteiger partial charge in [-0.05, 0) is 47.1 Å². The Morgan fingerprint density at radius 1 is 0.816 bits per heavy atom. The van der Waals surface area contributed by atoms with Crippen LogP contribution in [0.5, 0.6) is 0 Å². The second-order valence-electron chi connectivity index (χ2n) is 12.1. The van der Waals surface area contributed by atoms with E-state index in [0.717, 1.165) is 44.7 Å². The summed E-state index contributed by atoms with van der Waals surface area (Å²) in [6, 6.07) is 32.0. The summed E-state index contributed by atoms with van der Waals surface area (Å²) in [7, 11) is 0. The standard InChI is InChI=1S/C29H25N4O.C12H9FN.Ir/c1-17(2)19-10-7-11-20(18(3)4)25(19)33-28(32-27-29(33)31-16-15-30-27)23-13-8-12-22-21-9-5-6-14-24(21)34-26(22)23;1-9-2-7-12(14-8-9)10-3-5-11(13)6-4-10;/h5-12,14-18H,1-4H3;2-3,5-8H,1H3;/q2*-1;/i;1D3;. The number of fused-ring (bicyclic) bond motifs is 4. The number of imidazole rings is 1. The number of para-hydroxylation sites is 2. The Hall–Kier alpha value is -5.04. The molecule has 6 nitrogen and oxygen atoms in total. The molecule has 0 fully saturated rings. The van der Waals surface area contributed by atoms with Gasteiger partial charge in [0.1, 0.15) is 5.58 Å². The maximum Gasteiger partial charge on any atom is 0.188 e. The quantitative estimate of drug-likeness (QED) is 0.162. The van der Waals surface area contributed by atoms with Gasteiger partial charge in [-0.1, -0.05) is 87.2 Å². The fraction of sp³-hybridized carbons (Fsp3) is 0.171. The Morgan fingerprint density at radius 2 is 1.59 bits per heavy atom. The molecule has 4 heterocycles. The first-order chi connectivity index (χ1) is 24.5. The van der Waals surface area contributed by atoms with E-state index >= 15 is 0 Å². The van der Waals surface area contributed by atoms with Crippen molar-refractivity contribution in [2.75, 3.05) is 0 Å². The van der Waals surface area contributed by atoms with Crippen molar-refractivity contribution in [1.82, 2.24) is 24.5 Å². The first kappa shape index (κ1) is 30.0. The van der Waals surface area contributed by atoms with E-state index in [1.54, 1.807) is 24.5 Å². The number of halogens is 1. The zero-order valence-electron chi connectivity index (χ0n) is 30.3. The fourth-order valence-corrected chi connectivity index (χ4v) is 5.93. The Labute approximate surface area is 302 Å². The third-order valence-corrected chi connectivity index (χ3v) is 8.24. The number of nitrogens with zero attached hydrogens (tertiary/aromatic N) is 5. The molecular formula is C41H34FIrN5O-2. The van der Waals surface area contributed by atoms with E-state index in [2.05, 4.69) is 84.7 Å². The molecule has 0 unspecified atom stereocenters. The van der Waals surface area contributed by atoms with Gasteiger partial charge in [0.05, 0.1) is 11.4 Å². The molecule has 0 atom stereocenters. The van der Waals surface area contributed by atoms with Gasteiger partial charge in [0.25, 0.3) is 0 Å². The number of pyridine rings is 1. The molecule has 0 aliphatic carbocycles. The molecule has 4 aromatic carbocycles. The topological polar surface area (TPSA) is 69.6 Å². The minimum atomic E-state index is -2.15. The third kappa shape index (κ3) is 6.54. The van der Waals surface area contributed by atoms with Crippen LogP contribution in [0.1, 0.15) is 60.3 Å². The van der Waals surface area contributed by atoms with Crippen LogP contribution in [0.4, 0.5) is 4.39 Å². The summed E-state index contributed by atoms with van der Waals surface area (Å²) in [4.78, 5) is 18.3. The van der Waals surface area contributed by atoms with Gasteiger partial charge in [-0.15, -0.1) is 48.0 Å². The minimum Gasteiger partial charge on any atom is -0.501 e. The Kier molecular flexibility index (Phi) is 8.71. The second-order valence-corrected chi connectivity index (χ2v) is 12.1. The van der Waals surface area contributed by atoms with Gasteiger partial charge in [-0.25, -0.2) is 9.97 Å². The summed E-state index contributed by atoms with van der Waals surface area (Å²) < 4.78 is 42.8. The monoisotopic (exact) mass is 827 g/mol. The van der Waals surface area contributed by atoms with Crippen LogP contribution < -0.4 is 0 Å². The van der Waals surface area contributed by atoms with Crippen LogP contribution in [0.3, 0.4) is 0 Å². The molecule has 0 spiro atoms. The predicted octanol–water partition coefficient (Wildman–Crippen LogP) is 10.4. The first-order valence-electron chi connectivity index (χ1n) is 17.3. The van der Waals surface area contributed by atoms with Crippen molar-refractivity contribution in [3.05, 3.63) is 138 Å². The van der Waals surface area contributed by atoms with Crippen LogP contribution in [0, 0.1) is 24.8 Å². The molecule has 0 bridgehead atoms. The van der Waals surface area contributed by atoms with Gasteiger partial charge in [-0.3, -0.25) is 9.37 Å². The van der Waals surface area contributed by atoms with Crippen LogP contribution in [0.25, 0.3) is 61.6 Å². The van der Waals surface area contributed by atoms with Crippen molar-refractivity contribution < 1.29 is 33.0 Å². The van der Waals surface area contributed by atoms with Crippen molar-refractivity contribution >= 4 is 33.2 Å². The van der Waals surface area contributed by atoms with E-state index in [0.29, 0.717) is 28.7 Å². The predicted molar refractivity (Wildman–Crippen MR) is 190 cm³/mol. The SMILES string of the molecule is CC(C)c1cccc(C(C)C)c1-n1c(-c2[c-]ccc3c2oc2ccccc23)nc2nccnc21.[2H]C([2H])([2H])c1ccc(-c2[c-]cc(F)cc2)nc1.[Ir]. The first-order valence-corrected chi connectivity index (χ1v) is 15.8. The van der Waals surface area contributed by atoms with Crippen molar-refractivity contribution in [1.29, 1.82) is 0 Å². The normalized spacial score (nSPS) is 12.4. The van der Waals surface area contributed by atoms with Gasteiger partial charge in [0.15, 0.2) is 11.3 Å². The van der Waals surface area contributed by atoms with E-state index < -0.39 is 6.85 Å². The number of hydrogen-bond acceptors (Lipinski definition) is 5. The van der Waals surface area contributed by atoms with E-state index in [1.165, 1.54) is 35.5 Å². The van der Waals surface area contributed by atoms with Crippen LogP contribution in [0.15, 0.2) is 108 Å². The molecule has 4 aromatic heterocycles. The largest absolute Gasteiger partial charge is 0.501 e. The second kappa shape index (κ2) is 14.2. The number of benzene rings is 4. The van der Waals surface area contributed by atoms with Crippen LogP contribution in [-0.2, 0) is 20.1 Å². The molecule has 8 heteroatoms. The van der Waals surface area contributed by atoms with E-state index in [4.69, 9.17) is 18.5 Å². The maximum absolute atomic E-state index is 12.7. The molecule has 0 N–H and O–H groups in total. The van der Waals surface area contributed by atoms with Crippen LogP contribution in [0.2, 0.25) is 0 Å². The molecule has 49 heavy (non-hydrogen) atoms. The summed E-state index contributed by atoms with van der Waals surface area (Å²) in [5.74, 6) is 1.01. The number of furan rings is 1. The van der Waals surface area contributed by atoms with Crippen LogP contribution >= 0.6 is 0 Å². The fourth-order valence-electron chi connectivity index (χ4n) is 5.93. The van der Waals surface area contributed by atoms with Crippen molar-refractivity contribution in [3.63, 3.8) is 0 Å². The zero-order valence-corrected chi connectivity index (χ0v) is 29.7. The summed E-state index contributed by atoms with van der Waals surface area (Å²) in [6.07, 6.45) is 4.72. The Bertz CT molecular complexity index is 2460. The van der Waals surface area contributed by atoms with Gasteiger partial charge >= 0.3 is 0 Å². The van der Waals surface area contributed by atoms with Gasteiger partial charge < -0.3 is 14.0 Å². The molecule has 0 saturated carbocycles. The average Bonchev–Trinajstić information content (AvgIpc) is 3.70. The molecular weight excluding hydrogens is 790 g/mol. The molecule has 0 saturated heterocycles. The molecule has 8 aromatic rings. The average molecular weight is 827 g/mol. The summed E-state index contributed by atoms with van der Waals surface area (Å²) in [6.45, 7) is 6.73. The smallest absolute Gasteiger partial charge is 0.188 e. The Balaban J connectivity index is 0.000000218. The van der Waals surface area contributed by atoms with Crippen molar-refractivity contribution in [2.45, 2.75) is 46.4 Å². The van der Waals surface area contributed by atoms with E-state index in [-0.39, 0.29) is 31.5 Å². The zero-order chi connectivity index (χ0) is 35.9. The number of aryl methyl sites for hydroxylation is 1. The summed E-state index contributed by atoms with van der Waals surface area (Å²) >= 11 is 0. The molecule has 1 radical (unpaired) electrons. The minimum absolute atomic E-state index is 0. The van der Waals surface area contributed by atoms with Gasteiger partial charge in [0, 0.05) is 59.7 Å². The maximum atomic E-state index is 12.7. The molecule has 0 amide bonds. The van der Waals surface area contributed by atoms with Gasteiger partial charge in [-0.2, -0.15) is 0 Å². The molecule has 0 aliphatic rings. The molecule has 0 aliphatic heterocycles. The molecule has 8 rings (SSSR count). The molecule has 247 valence electrons. The number of hydrogen-bond donors (Lipinski definition) is 0. The summed E-state index contributed by atoms with van der Waals surface area (Å²) in [5.41, 5.74) is 8.75. The number of aromatic nitrogens is 5. The van der Waals surface area contributed by atoms with Crippen molar-refractivity contribution in [2.24, 2.45) is 0 Å². The van der Waals surface area contributed by atoms with Crippen LogP contribution in [-0.4, -0.2) is 24.5 Å². The van der Waals surface area contributed by atoms with E-state index in [1.807, 2.05) is 24.3 Å².